The van der Waals surface area contributed by atoms with E-state index in [1.54, 1.807) is 0 Å². The fraction of sp³-hybridized carbons (Fsp3) is 0.700. The van der Waals surface area contributed by atoms with Crippen LogP contribution >= 0.6 is 11.6 Å². The lowest BCUT2D eigenvalue weighted by Gasteiger charge is -2.13. The minimum Gasteiger partial charge on any atom is -0.380 e. The zero-order chi connectivity index (χ0) is 12.7. The van der Waals surface area contributed by atoms with Crippen LogP contribution in [0.3, 0.4) is 0 Å². The first-order chi connectivity index (χ1) is 8.15. The van der Waals surface area contributed by atoms with Crippen LogP contribution in [0.25, 0.3) is 0 Å². The molecule has 0 aliphatic heterocycles. The van der Waals surface area contributed by atoms with E-state index in [1.165, 1.54) is 0 Å². The van der Waals surface area contributed by atoms with Crippen LogP contribution in [0.1, 0.15) is 20.8 Å². The Morgan fingerprint density at radius 3 is 2.59 bits per heavy atom. The molecule has 7 heteroatoms. The Kier molecular flexibility index (Phi) is 5.93. The van der Waals surface area contributed by atoms with Gasteiger partial charge in [-0.05, 0) is 32.4 Å². The lowest BCUT2D eigenvalue weighted by atomic mass is 10.4. The van der Waals surface area contributed by atoms with Crippen LogP contribution in [0.2, 0.25) is 5.28 Å². The van der Waals surface area contributed by atoms with E-state index in [-0.39, 0.29) is 11.3 Å². The van der Waals surface area contributed by atoms with Crippen molar-refractivity contribution in [3.05, 3.63) is 5.28 Å². The van der Waals surface area contributed by atoms with Crippen LogP contribution in [0.5, 0.6) is 0 Å². The van der Waals surface area contributed by atoms with Gasteiger partial charge in [-0.2, -0.15) is 15.0 Å². The summed E-state index contributed by atoms with van der Waals surface area (Å²) in [7, 11) is 0. The second kappa shape index (κ2) is 7.24. The number of hydrogen-bond acceptors (Lipinski definition) is 6. The van der Waals surface area contributed by atoms with Gasteiger partial charge in [-0.15, -0.1) is 0 Å². The molecule has 1 unspecified atom stereocenters. The van der Waals surface area contributed by atoms with Crippen molar-refractivity contribution in [2.45, 2.75) is 26.8 Å². The fourth-order valence-corrected chi connectivity index (χ4v) is 1.37. The predicted octanol–water partition coefficient (Wildman–Crippen LogP) is 1.79. The van der Waals surface area contributed by atoms with Crippen LogP contribution < -0.4 is 10.6 Å². The normalized spacial score (nSPS) is 12.2. The summed E-state index contributed by atoms with van der Waals surface area (Å²) in [6, 6.07) is 0.114. The summed E-state index contributed by atoms with van der Waals surface area (Å²) in [5.41, 5.74) is 0. The molecule has 0 amide bonds. The van der Waals surface area contributed by atoms with Gasteiger partial charge in [-0.3, -0.25) is 0 Å². The Hall–Kier alpha value is -1.14. The molecule has 0 saturated carbocycles. The van der Waals surface area contributed by atoms with E-state index in [1.807, 2.05) is 20.8 Å². The van der Waals surface area contributed by atoms with E-state index in [2.05, 4.69) is 25.6 Å². The summed E-state index contributed by atoms with van der Waals surface area (Å²) in [5.74, 6) is 0.923. The zero-order valence-electron chi connectivity index (χ0n) is 10.3. The van der Waals surface area contributed by atoms with Gasteiger partial charge in [0.05, 0.1) is 6.61 Å². The molecule has 0 fully saturated rings. The molecule has 2 N–H and O–H groups in total. The summed E-state index contributed by atoms with van der Waals surface area (Å²) in [5, 5.41) is 6.26. The number of aromatic nitrogens is 3. The quantitative estimate of drug-likeness (QED) is 0.778. The molecule has 17 heavy (non-hydrogen) atoms. The summed E-state index contributed by atoms with van der Waals surface area (Å²) in [6.07, 6.45) is 0. The van der Waals surface area contributed by atoms with Crippen LogP contribution in [0, 0.1) is 0 Å². The van der Waals surface area contributed by atoms with Crippen LogP contribution in [-0.4, -0.2) is 40.8 Å². The molecule has 96 valence electrons. The highest BCUT2D eigenvalue weighted by molar-refractivity contribution is 6.28. The summed E-state index contributed by atoms with van der Waals surface area (Å²) in [4.78, 5) is 12.1. The Morgan fingerprint density at radius 2 is 1.94 bits per heavy atom. The van der Waals surface area contributed by atoms with E-state index >= 15 is 0 Å². The highest BCUT2D eigenvalue weighted by Crippen LogP contribution is 2.10. The molecule has 6 nitrogen and oxygen atoms in total. The van der Waals surface area contributed by atoms with Gasteiger partial charge in [0.1, 0.15) is 0 Å². The monoisotopic (exact) mass is 259 g/mol. The molecule has 1 rings (SSSR count). The number of ether oxygens (including phenoxy) is 1. The van der Waals surface area contributed by atoms with Gasteiger partial charge in [0.15, 0.2) is 0 Å². The topological polar surface area (TPSA) is 72.0 Å². The molecule has 1 aromatic rings. The average Bonchev–Trinajstić information content (AvgIpc) is 2.26. The molecule has 0 aliphatic carbocycles. The first kappa shape index (κ1) is 13.9. The number of nitrogens with one attached hydrogen (secondary N) is 2. The Balaban J connectivity index is 2.63. The standard InChI is InChI=1S/C10H18ClN5O/c1-4-12-9-14-8(11)15-10(16-9)13-7(3)6-17-5-2/h7H,4-6H2,1-3H3,(H2,12,13,14,15,16). The molecule has 0 spiro atoms. The van der Waals surface area contributed by atoms with Crippen molar-refractivity contribution < 1.29 is 4.74 Å². The first-order valence-corrected chi connectivity index (χ1v) is 6.03. The SMILES string of the molecule is CCNc1nc(Cl)nc(NC(C)COCC)n1. The molecular weight excluding hydrogens is 242 g/mol. The molecule has 1 heterocycles. The van der Waals surface area contributed by atoms with E-state index in [4.69, 9.17) is 16.3 Å². The van der Waals surface area contributed by atoms with Gasteiger partial charge < -0.3 is 15.4 Å². The van der Waals surface area contributed by atoms with E-state index in [0.717, 1.165) is 6.54 Å². The molecule has 0 radical (unpaired) electrons. The first-order valence-electron chi connectivity index (χ1n) is 5.65. The minimum atomic E-state index is 0.114. The van der Waals surface area contributed by atoms with Crippen LogP contribution in [-0.2, 0) is 4.74 Å². The summed E-state index contributed by atoms with van der Waals surface area (Å²) >= 11 is 5.80. The lowest BCUT2D eigenvalue weighted by molar-refractivity contribution is 0.141. The van der Waals surface area contributed by atoms with Gasteiger partial charge in [0, 0.05) is 19.2 Å². The highest BCUT2D eigenvalue weighted by Gasteiger charge is 2.07. The van der Waals surface area contributed by atoms with Crippen molar-refractivity contribution in [3.8, 4) is 0 Å². The molecule has 0 saturated heterocycles. The number of anilines is 2. The van der Waals surface area contributed by atoms with E-state index < -0.39 is 0 Å². The second-order valence-corrected chi connectivity index (χ2v) is 3.82. The zero-order valence-corrected chi connectivity index (χ0v) is 11.1. The number of nitrogens with zero attached hydrogens (tertiary/aromatic N) is 3. The highest BCUT2D eigenvalue weighted by atomic mass is 35.5. The largest absolute Gasteiger partial charge is 0.380 e. The molecule has 0 bridgehead atoms. The van der Waals surface area contributed by atoms with Crippen molar-refractivity contribution in [2.24, 2.45) is 0 Å². The van der Waals surface area contributed by atoms with E-state index in [9.17, 15) is 0 Å². The molecule has 0 aromatic carbocycles. The third-order valence-corrected chi connectivity index (χ3v) is 2.06. The Bertz CT molecular complexity index is 349. The van der Waals surface area contributed by atoms with Gasteiger partial charge >= 0.3 is 0 Å². The maximum absolute atomic E-state index is 5.80. The molecular formula is C10H18ClN5O. The molecule has 1 aromatic heterocycles. The minimum absolute atomic E-state index is 0.114. The molecule has 0 aliphatic rings. The average molecular weight is 260 g/mol. The van der Waals surface area contributed by atoms with Crippen LogP contribution in [0.15, 0.2) is 0 Å². The number of hydrogen-bond donors (Lipinski definition) is 2. The van der Waals surface area contributed by atoms with Crippen molar-refractivity contribution in [3.63, 3.8) is 0 Å². The number of halogens is 1. The lowest BCUT2D eigenvalue weighted by Crippen LogP contribution is -2.23. The molecule has 1 atom stereocenters. The van der Waals surface area contributed by atoms with Gasteiger partial charge in [-0.25, -0.2) is 0 Å². The third kappa shape index (κ3) is 5.14. The second-order valence-electron chi connectivity index (χ2n) is 3.49. The van der Waals surface area contributed by atoms with Crippen molar-refractivity contribution in [1.29, 1.82) is 0 Å². The van der Waals surface area contributed by atoms with Gasteiger partial charge in [-0.1, -0.05) is 0 Å². The van der Waals surface area contributed by atoms with Crippen molar-refractivity contribution in [2.75, 3.05) is 30.4 Å². The summed E-state index contributed by atoms with van der Waals surface area (Å²) < 4.78 is 5.29. The van der Waals surface area contributed by atoms with Crippen LogP contribution in [0.4, 0.5) is 11.9 Å². The summed E-state index contributed by atoms with van der Waals surface area (Å²) in [6.45, 7) is 7.91. The Morgan fingerprint density at radius 1 is 1.24 bits per heavy atom. The van der Waals surface area contributed by atoms with Gasteiger partial charge in [0.2, 0.25) is 17.2 Å². The fourth-order valence-electron chi connectivity index (χ4n) is 1.21. The predicted molar refractivity (Wildman–Crippen MR) is 68.6 cm³/mol. The third-order valence-electron chi connectivity index (χ3n) is 1.89. The maximum atomic E-state index is 5.80. The van der Waals surface area contributed by atoms with Gasteiger partial charge in [0.25, 0.3) is 0 Å². The smallest absolute Gasteiger partial charge is 0.229 e. The maximum Gasteiger partial charge on any atom is 0.229 e. The number of rotatable bonds is 7. The Labute approximate surface area is 106 Å². The van der Waals surface area contributed by atoms with E-state index in [0.29, 0.717) is 25.1 Å². The van der Waals surface area contributed by atoms with Crippen molar-refractivity contribution >= 4 is 23.5 Å². The van der Waals surface area contributed by atoms with Crippen molar-refractivity contribution in [1.82, 2.24) is 15.0 Å².